The van der Waals surface area contributed by atoms with E-state index in [1.54, 1.807) is 18.2 Å². The molecular weight excluding hydrogens is 242 g/mol. The lowest BCUT2D eigenvalue weighted by atomic mass is 10.0. The summed E-state index contributed by atoms with van der Waals surface area (Å²) in [5.74, 6) is -0.877. The molecule has 4 nitrogen and oxygen atoms in total. The van der Waals surface area contributed by atoms with Crippen LogP contribution in [0.4, 0.5) is 0 Å². The Morgan fingerprint density at radius 3 is 2.89 bits per heavy atom. The number of nitrogens with zero attached hydrogens (tertiary/aromatic N) is 1. The first-order valence-corrected chi connectivity index (χ1v) is 6.58. The summed E-state index contributed by atoms with van der Waals surface area (Å²) in [5.41, 5.74) is 1.23. The molecule has 1 aliphatic rings. The lowest BCUT2D eigenvalue weighted by molar-refractivity contribution is -0.130. The number of rotatable bonds is 3. The number of carbonyl (C=O) groups is 1. The molecule has 1 fully saturated rings. The molecule has 19 heavy (non-hydrogen) atoms. The van der Waals surface area contributed by atoms with Gasteiger partial charge in [0.05, 0.1) is 17.3 Å². The van der Waals surface area contributed by atoms with Crippen molar-refractivity contribution in [1.82, 2.24) is 4.90 Å². The summed E-state index contributed by atoms with van der Waals surface area (Å²) >= 11 is 0. The summed E-state index contributed by atoms with van der Waals surface area (Å²) in [6.45, 7) is 8.74. The van der Waals surface area contributed by atoms with Crippen LogP contribution in [0.25, 0.3) is 0 Å². The van der Waals surface area contributed by atoms with Crippen molar-refractivity contribution in [2.24, 2.45) is 0 Å². The van der Waals surface area contributed by atoms with Crippen molar-refractivity contribution in [3.63, 3.8) is 0 Å². The third-order valence-electron chi connectivity index (χ3n) is 3.22. The minimum Gasteiger partial charge on any atom is -0.478 e. The molecule has 1 aromatic carbocycles. The fourth-order valence-electron chi connectivity index (χ4n) is 2.77. The zero-order chi connectivity index (χ0) is 14.0. The molecule has 1 heterocycles. The van der Waals surface area contributed by atoms with Crippen molar-refractivity contribution in [2.45, 2.75) is 39.0 Å². The molecule has 0 radical (unpaired) electrons. The third-order valence-corrected chi connectivity index (χ3v) is 3.22. The van der Waals surface area contributed by atoms with Crippen LogP contribution >= 0.6 is 0 Å². The molecule has 0 amide bonds. The van der Waals surface area contributed by atoms with E-state index in [2.05, 4.69) is 25.7 Å². The Labute approximate surface area is 114 Å². The van der Waals surface area contributed by atoms with Gasteiger partial charge in [-0.3, -0.25) is 4.90 Å². The van der Waals surface area contributed by atoms with Gasteiger partial charge in [-0.15, -0.1) is 0 Å². The van der Waals surface area contributed by atoms with Crippen molar-refractivity contribution in [1.29, 1.82) is 0 Å². The van der Waals surface area contributed by atoms with Gasteiger partial charge >= 0.3 is 5.97 Å². The van der Waals surface area contributed by atoms with Crippen LogP contribution in [0.5, 0.6) is 0 Å². The topological polar surface area (TPSA) is 49.8 Å². The van der Waals surface area contributed by atoms with Crippen molar-refractivity contribution in [3.05, 3.63) is 35.4 Å². The van der Waals surface area contributed by atoms with Crippen LogP contribution in [0.15, 0.2) is 24.3 Å². The number of hydrogen-bond acceptors (Lipinski definition) is 3. The van der Waals surface area contributed by atoms with Crippen molar-refractivity contribution >= 4 is 5.97 Å². The Bertz CT molecular complexity index is 470. The molecule has 0 bridgehead atoms. The number of benzene rings is 1. The van der Waals surface area contributed by atoms with Crippen LogP contribution in [0.3, 0.4) is 0 Å². The average Bonchev–Trinajstić information content (AvgIpc) is 2.26. The highest BCUT2D eigenvalue weighted by molar-refractivity contribution is 5.87. The van der Waals surface area contributed by atoms with Gasteiger partial charge in [-0.25, -0.2) is 4.79 Å². The molecule has 1 aromatic rings. The van der Waals surface area contributed by atoms with Gasteiger partial charge in [-0.05, 0) is 38.5 Å². The second kappa shape index (κ2) is 5.31. The molecule has 0 saturated carbocycles. The predicted octanol–water partition coefficient (Wildman–Crippen LogP) is 2.38. The van der Waals surface area contributed by atoms with E-state index in [1.165, 1.54) is 0 Å². The standard InChI is InChI=1S/C15H21NO3/c1-11-8-16(10-15(2,3)19-11)9-12-5-4-6-13(7-12)14(17)18/h4-7,11H,8-10H2,1-3H3,(H,17,18). The highest BCUT2D eigenvalue weighted by atomic mass is 16.5. The summed E-state index contributed by atoms with van der Waals surface area (Å²) in [4.78, 5) is 13.3. The molecule has 0 spiro atoms. The van der Waals surface area contributed by atoms with E-state index in [-0.39, 0.29) is 11.7 Å². The summed E-state index contributed by atoms with van der Waals surface area (Å²) in [5, 5.41) is 9.01. The molecule has 0 aromatic heterocycles. The van der Waals surface area contributed by atoms with Crippen LogP contribution in [0.1, 0.15) is 36.7 Å². The van der Waals surface area contributed by atoms with Crippen LogP contribution in [0, 0.1) is 0 Å². The quantitative estimate of drug-likeness (QED) is 0.909. The zero-order valence-corrected chi connectivity index (χ0v) is 11.7. The van der Waals surface area contributed by atoms with Gasteiger partial charge < -0.3 is 9.84 Å². The largest absolute Gasteiger partial charge is 0.478 e. The number of carboxylic acids is 1. The Kier molecular flexibility index (Phi) is 3.92. The molecular formula is C15H21NO3. The second-order valence-corrected chi connectivity index (χ2v) is 5.86. The van der Waals surface area contributed by atoms with E-state index in [4.69, 9.17) is 9.84 Å². The van der Waals surface area contributed by atoms with Crippen LogP contribution < -0.4 is 0 Å². The van der Waals surface area contributed by atoms with Gasteiger partial charge in [0.15, 0.2) is 0 Å². The molecule has 1 saturated heterocycles. The first-order valence-electron chi connectivity index (χ1n) is 6.58. The second-order valence-electron chi connectivity index (χ2n) is 5.86. The number of ether oxygens (including phenoxy) is 1. The average molecular weight is 263 g/mol. The fraction of sp³-hybridized carbons (Fsp3) is 0.533. The van der Waals surface area contributed by atoms with Gasteiger partial charge in [0.25, 0.3) is 0 Å². The Hall–Kier alpha value is -1.39. The van der Waals surface area contributed by atoms with Gasteiger partial charge in [-0.2, -0.15) is 0 Å². The summed E-state index contributed by atoms with van der Waals surface area (Å²) in [6.07, 6.45) is 0.200. The van der Waals surface area contributed by atoms with Gasteiger partial charge in [0, 0.05) is 19.6 Å². The van der Waals surface area contributed by atoms with Gasteiger partial charge in [0.1, 0.15) is 0 Å². The SMILES string of the molecule is CC1CN(Cc2cccc(C(=O)O)c2)CC(C)(C)O1. The first-order chi connectivity index (χ1) is 8.85. The van der Waals surface area contributed by atoms with Crippen molar-refractivity contribution in [2.75, 3.05) is 13.1 Å². The van der Waals surface area contributed by atoms with E-state index in [1.807, 2.05) is 6.07 Å². The number of morpholine rings is 1. The monoisotopic (exact) mass is 263 g/mol. The van der Waals surface area contributed by atoms with Crippen LogP contribution in [0.2, 0.25) is 0 Å². The van der Waals surface area contributed by atoms with E-state index in [0.29, 0.717) is 5.56 Å². The summed E-state index contributed by atoms with van der Waals surface area (Å²) in [6, 6.07) is 7.14. The third kappa shape index (κ3) is 3.78. The van der Waals surface area contributed by atoms with Crippen LogP contribution in [-0.2, 0) is 11.3 Å². The number of aromatic carboxylic acids is 1. The smallest absolute Gasteiger partial charge is 0.335 e. The number of hydrogen-bond donors (Lipinski definition) is 1. The summed E-state index contributed by atoms with van der Waals surface area (Å²) < 4.78 is 5.87. The lowest BCUT2D eigenvalue weighted by Gasteiger charge is -2.41. The van der Waals surface area contributed by atoms with Gasteiger partial charge in [-0.1, -0.05) is 12.1 Å². The van der Waals surface area contributed by atoms with Crippen molar-refractivity contribution in [3.8, 4) is 0 Å². The molecule has 1 atom stereocenters. The van der Waals surface area contributed by atoms with E-state index in [9.17, 15) is 4.79 Å². The van der Waals surface area contributed by atoms with E-state index < -0.39 is 5.97 Å². The summed E-state index contributed by atoms with van der Waals surface area (Å²) in [7, 11) is 0. The number of carboxylic acid groups (broad SMARTS) is 1. The molecule has 2 rings (SSSR count). The van der Waals surface area contributed by atoms with Crippen LogP contribution in [-0.4, -0.2) is 40.8 Å². The molecule has 1 unspecified atom stereocenters. The minimum atomic E-state index is -0.877. The maximum absolute atomic E-state index is 11.0. The molecule has 1 aliphatic heterocycles. The zero-order valence-electron chi connectivity index (χ0n) is 11.7. The molecule has 0 aliphatic carbocycles. The van der Waals surface area contributed by atoms with Crippen molar-refractivity contribution < 1.29 is 14.6 Å². The molecule has 1 N–H and O–H groups in total. The normalized spacial score (nSPS) is 23.2. The highest BCUT2D eigenvalue weighted by Crippen LogP contribution is 2.22. The Morgan fingerprint density at radius 1 is 1.53 bits per heavy atom. The Balaban J connectivity index is 2.08. The Morgan fingerprint density at radius 2 is 2.26 bits per heavy atom. The van der Waals surface area contributed by atoms with E-state index >= 15 is 0 Å². The lowest BCUT2D eigenvalue weighted by Crippen LogP contribution is -2.51. The van der Waals surface area contributed by atoms with E-state index in [0.717, 1.165) is 25.2 Å². The van der Waals surface area contributed by atoms with Gasteiger partial charge in [0.2, 0.25) is 0 Å². The maximum Gasteiger partial charge on any atom is 0.335 e. The first kappa shape index (κ1) is 14.0. The highest BCUT2D eigenvalue weighted by Gasteiger charge is 2.31. The predicted molar refractivity (Wildman–Crippen MR) is 73.3 cm³/mol. The molecule has 4 heteroatoms. The molecule has 104 valence electrons. The fourth-order valence-corrected chi connectivity index (χ4v) is 2.77. The minimum absolute atomic E-state index is 0.151. The maximum atomic E-state index is 11.0.